The summed E-state index contributed by atoms with van der Waals surface area (Å²) in [6.45, 7) is 7.62. The molecule has 0 saturated carbocycles. The van der Waals surface area contributed by atoms with E-state index < -0.39 is 0 Å². The summed E-state index contributed by atoms with van der Waals surface area (Å²) in [5.41, 5.74) is 0. The van der Waals surface area contributed by atoms with Gasteiger partial charge in [-0.15, -0.1) is 0 Å². The third kappa shape index (κ3) is 2.68. The van der Waals surface area contributed by atoms with Gasteiger partial charge >= 0.3 is 0 Å². The van der Waals surface area contributed by atoms with E-state index in [-0.39, 0.29) is 0 Å². The van der Waals surface area contributed by atoms with Crippen molar-refractivity contribution in [1.29, 1.82) is 0 Å². The average molecular weight is 182 g/mol. The molecule has 0 spiro atoms. The topological polar surface area (TPSA) is 15.3 Å². The van der Waals surface area contributed by atoms with Gasteiger partial charge in [-0.2, -0.15) is 0 Å². The van der Waals surface area contributed by atoms with E-state index in [0.29, 0.717) is 0 Å². The maximum Gasteiger partial charge on any atom is 0.00797 e. The molecule has 2 nitrogen and oxygen atoms in total. The molecule has 1 N–H and O–H groups in total. The third-order valence-electron chi connectivity index (χ3n) is 3.46. The molecule has 2 heteroatoms. The fourth-order valence-electron chi connectivity index (χ4n) is 2.57. The number of nitrogens with one attached hydrogen (secondary N) is 1. The first-order valence-electron chi connectivity index (χ1n) is 5.80. The second kappa shape index (κ2) is 4.43. The van der Waals surface area contributed by atoms with Crippen LogP contribution in [0.3, 0.4) is 0 Å². The van der Waals surface area contributed by atoms with Crippen LogP contribution in [0, 0.1) is 5.92 Å². The van der Waals surface area contributed by atoms with Gasteiger partial charge in [0.2, 0.25) is 0 Å². The summed E-state index contributed by atoms with van der Waals surface area (Å²) in [5.74, 6) is 0.941. The SMILES string of the molecule is CC1CCN(CCC2CCCN2)C1. The van der Waals surface area contributed by atoms with Crippen LogP contribution in [0.5, 0.6) is 0 Å². The quantitative estimate of drug-likeness (QED) is 0.711. The van der Waals surface area contributed by atoms with Crippen molar-refractivity contribution in [2.75, 3.05) is 26.2 Å². The summed E-state index contributed by atoms with van der Waals surface area (Å²) in [7, 11) is 0. The van der Waals surface area contributed by atoms with Gasteiger partial charge in [-0.25, -0.2) is 0 Å². The van der Waals surface area contributed by atoms with Crippen molar-refractivity contribution in [3.8, 4) is 0 Å². The molecule has 2 heterocycles. The van der Waals surface area contributed by atoms with Gasteiger partial charge in [0.05, 0.1) is 0 Å². The Morgan fingerprint density at radius 3 is 2.92 bits per heavy atom. The van der Waals surface area contributed by atoms with Gasteiger partial charge in [0.25, 0.3) is 0 Å². The van der Waals surface area contributed by atoms with Gasteiger partial charge in [0.1, 0.15) is 0 Å². The van der Waals surface area contributed by atoms with Crippen molar-refractivity contribution < 1.29 is 0 Å². The van der Waals surface area contributed by atoms with Gasteiger partial charge in [0.15, 0.2) is 0 Å². The molecule has 0 bridgehead atoms. The zero-order valence-electron chi connectivity index (χ0n) is 8.76. The van der Waals surface area contributed by atoms with E-state index >= 15 is 0 Å². The first kappa shape index (κ1) is 9.47. The van der Waals surface area contributed by atoms with Crippen molar-refractivity contribution in [3.63, 3.8) is 0 Å². The van der Waals surface area contributed by atoms with E-state index in [2.05, 4.69) is 17.1 Å². The van der Waals surface area contributed by atoms with Crippen LogP contribution in [-0.2, 0) is 0 Å². The Labute approximate surface area is 81.7 Å². The third-order valence-corrected chi connectivity index (χ3v) is 3.46. The fourth-order valence-corrected chi connectivity index (χ4v) is 2.57. The van der Waals surface area contributed by atoms with E-state index in [1.54, 1.807) is 0 Å². The second-order valence-electron chi connectivity index (χ2n) is 4.78. The maximum atomic E-state index is 3.57. The van der Waals surface area contributed by atoms with Crippen LogP contribution < -0.4 is 5.32 Å². The predicted molar refractivity (Wildman–Crippen MR) is 55.9 cm³/mol. The van der Waals surface area contributed by atoms with Gasteiger partial charge in [-0.1, -0.05) is 6.92 Å². The predicted octanol–water partition coefficient (Wildman–Crippen LogP) is 1.47. The normalized spacial score (nSPS) is 35.8. The molecule has 0 radical (unpaired) electrons. The zero-order valence-corrected chi connectivity index (χ0v) is 8.76. The molecule has 2 aliphatic rings. The Kier molecular flexibility index (Phi) is 3.23. The van der Waals surface area contributed by atoms with Gasteiger partial charge in [0, 0.05) is 12.6 Å². The lowest BCUT2D eigenvalue weighted by Crippen LogP contribution is -2.29. The summed E-state index contributed by atoms with van der Waals surface area (Å²) >= 11 is 0. The maximum absolute atomic E-state index is 3.57. The highest BCUT2D eigenvalue weighted by atomic mass is 15.1. The second-order valence-corrected chi connectivity index (χ2v) is 4.78. The van der Waals surface area contributed by atoms with E-state index in [9.17, 15) is 0 Å². The summed E-state index contributed by atoms with van der Waals surface area (Å²) in [6.07, 6.45) is 5.58. The van der Waals surface area contributed by atoms with Crippen LogP contribution >= 0.6 is 0 Å². The molecule has 0 aromatic rings. The van der Waals surface area contributed by atoms with E-state index in [0.717, 1.165) is 12.0 Å². The molecular formula is C11H22N2. The van der Waals surface area contributed by atoms with Crippen molar-refractivity contribution in [2.24, 2.45) is 5.92 Å². The van der Waals surface area contributed by atoms with Crippen LogP contribution in [0.1, 0.15) is 32.6 Å². The first-order chi connectivity index (χ1) is 6.34. The van der Waals surface area contributed by atoms with Crippen LogP contribution in [0.15, 0.2) is 0 Å². The molecule has 2 unspecified atom stereocenters. The summed E-state index contributed by atoms with van der Waals surface area (Å²) < 4.78 is 0. The minimum Gasteiger partial charge on any atom is -0.314 e. The molecule has 0 aliphatic carbocycles. The minimum atomic E-state index is 0.830. The van der Waals surface area contributed by atoms with Gasteiger partial charge < -0.3 is 10.2 Å². The van der Waals surface area contributed by atoms with Crippen molar-refractivity contribution >= 4 is 0 Å². The number of rotatable bonds is 3. The number of nitrogens with zero attached hydrogens (tertiary/aromatic N) is 1. The van der Waals surface area contributed by atoms with E-state index in [4.69, 9.17) is 0 Å². The lowest BCUT2D eigenvalue weighted by Gasteiger charge is -2.17. The van der Waals surface area contributed by atoms with Gasteiger partial charge in [-0.3, -0.25) is 0 Å². The zero-order chi connectivity index (χ0) is 9.10. The Balaban J connectivity index is 1.62. The first-order valence-corrected chi connectivity index (χ1v) is 5.80. The molecule has 76 valence electrons. The standard InChI is InChI=1S/C11H22N2/c1-10-4-7-13(9-10)8-5-11-3-2-6-12-11/h10-12H,2-9H2,1H3. The highest BCUT2D eigenvalue weighted by Gasteiger charge is 2.20. The minimum absolute atomic E-state index is 0.830. The molecule has 2 aliphatic heterocycles. The van der Waals surface area contributed by atoms with E-state index in [1.165, 1.54) is 51.9 Å². The molecular weight excluding hydrogens is 160 g/mol. The van der Waals surface area contributed by atoms with Crippen LogP contribution in [0.2, 0.25) is 0 Å². The van der Waals surface area contributed by atoms with Crippen molar-refractivity contribution in [1.82, 2.24) is 10.2 Å². The average Bonchev–Trinajstić information content (AvgIpc) is 2.71. The van der Waals surface area contributed by atoms with Crippen LogP contribution in [-0.4, -0.2) is 37.1 Å². The largest absolute Gasteiger partial charge is 0.314 e. The summed E-state index contributed by atoms with van der Waals surface area (Å²) in [4.78, 5) is 2.63. The lowest BCUT2D eigenvalue weighted by molar-refractivity contribution is 0.307. The van der Waals surface area contributed by atoms with Crippen molar-refractivity contribution in [3.05, 3.63) is 0 Å². The Morgan fingerprint density at radius 2 is 2.31 bits per heavy atom. The van der Waals surface area contributed by atoms with Crippen LogP contribution in [0.4, 0.5) is 0 Å². The summed E-state index contributed by atoms with van der Waals surface area (Å²) in [5, 5.41) is 3.57. The highest BCUT2D eigenvalue weighted by Crippen LogP contribution is 2.16. The smallest absolute Gasteiger partial charge is 0.00797 e. The Morgan fingerprint density at radius 1 is 1.38 bits per heavy atom. The molecule has 0 aromatic carbocycles. The van der Waals surface area contributed by atoms with Crippen molar-refractivity contribution in [2.45, 2.75) is 38.6 Å². The monoisotopic (exact) mass is 182 g/mol. The lowest BCUT2D eigenvalue weighted by atomic mass is 10.1. The molecule has 2 atom stereocenters. The number of hydrogen-bond donors (Lipinski definition) is 1. The Bertz CT molecular complexity index is 152. The summed E-state index contributed by atoms with van der Waals surface area (Å²) in [6, 6.07) is 0.830. The van der Waals surface area contributed by atoms with E-state index in [1.807, 2.05) is 0 Å². The van der Waals surface area contributed by atoms with Crippen LogP contribution in [0.25, 0.3) is 0 Å². The van der Waals surface area contributed by atoms with Gasteiger partial charge in [-0.05, 0) is 51.2 Å². The molecule has 13 heavy (non-hydrogen) atoms. The molecule has 0 aromatic heterocycles. The highest BCUT2D eigenvalue weighted by molar-refractivity contribution is 4.78. The fraction of sp³-hybridized carbons (Fsp3) is 1.00. The molecule has 0 amide bonds. The molecule has 2 fully saturated rings. The number of hydrogen-bond acceptors (Lipinski definition) is 2. The number of likely N-dealkylation sites (tertiary alicyclic amines) is 1. The molecule has 2 saturated heterocycles. The Hall–Kier alpha value is -0.0800. The molecule has 2 rings (SSSR count).